The van der Waals surface area contributed by atoms with Crippen LogP contribution in [0, 0.1) is 5.41 Å². The summed E-state index contributed by atoms with van der Waals surface area (Å²) in [7, 11) is 1.44. The van der Waals surface area contributed by atoms with Crippen LogP contribution in [0.5, 0.6) is 0 Å². The molecule has 0 fully saturated rings. The van der Waals surface area contributed by atoms with E-state index in [0.717, 1.165) is 4.90 Å². The minimum Gasteiger partial charge on any atom is -0.480 e. The van der Waals surface area contributed by atoms with Gasteiger partial charge in [-0.3, -0.25) is 10.2 Å². The molecule has 0 radical (unpaired) electrons. The number of aliphatic carboxylic acids is 1. The van der Waals surface area contributed by atoms with E-state index in [1.54, 1.807) is 0 Å². The van der Waals surface area contributed by atoms with Crippen LogP contribution in [0.3, 0.4) is 0 Å². The normalized spacial score (nSPS) is 10.8. The second-order valence-corrected chi connectivity index (χ2v) is 7.29. The molecule has 0 aromatic rings. The predicted molar refractivity (Wildman–Crippen MR) is 112 cm³/mol. The van der Waals surface area contributed by atoms with E-state index >= 15 is 0 Å². The lowest BCUT2D eigenvalue weighted by atomic mass is 10.1. The molecule has 0 amide bonds. The second-order valence-electron chi connectivity index (χ2n) is 7.29. The van der Waals surface area contributed by atoms with Crippen LogP contribution in [0.1, 0.15) is 79.1 Å². The standard InChI is InChI=1S/C16H36N.C4H9N3O2/c1-5-9-13-17(14-10-6-2,15-11-7-3)16-12-8-4;1-7(4(5)6)2-3(8)9/h5-16H2,1-4H3;2H2,1H3,(H3,5,6)(H,8,9)/q+1;. The van der Waals surface area contributed by atoms with Gasteiger partial charge in [0.1, 0.15) is 6.54 Å². The Morgan fingerprint density at radius 1 is 0.885 bits per heavy atom. The largest absolute Gasteiger partial charge is 0.480 e. The van der Waals surface area contributed by atoms with E-state index in [4.69, 9.17) is 16.2 Å². The maximum atomic E-state index is 9.92. The van der Waals surface area contributed by atoms with Gasteiger partial charge in [0, 0.05) is 7.05 Å². The highest BCUT2D eigenvalue weighted by molar-refractivity contribution is 5.79. The fraction of sp³-hybridized carbons (Fsp3) is 0.900. The number of nitrogens with one attached hydrogen (secondary N) is 1. The Labute approximate surface area is 161 Å². The van der Waals surface area contributed by atoms with E-state index < -0.39 is 5.97 Å². The number of nitrogens with two attached hydrogens (primary N) is 1. The first-order valence-electron chi connectivity index (χ1n) is 10.4. The zero-order valence-electron chi connectivity index (χ0n) is 18.0. The summed E-state index contributed by atoms with van der Waals surface area (Å²) in [6, 6.07) is 0. The Balaban J connectivity index is 0. The molecular weight excluding hydrogens is 328 g/mol. The number of rotatable bonds is 14. The van der Waals surface area contributed by atoms with Crippen molar-refractivity contribution < 1.29 is 14.4 Å². The topological polar surface area (TPSA) is 90.4 Å². The van der Waals surface area contributed by atoms with Crippen LogP contribution in [0.15, 0.2) is 0 Å². The van der Waals surface area contributed by atoms with Crippen molar-refractivity contribution in [3.63, 3.8) is 0 Å². The van der Waals surface area contributed by atoms with Crippen molar-refractivity contribution in [1.29, 1.82) is 5.41 Å². The molecule has 0 saturated carbocycles. The Kier molecular flexibility index (Phi) is 17.7. The van der Waals surface area contributed by atoms with Crippen molar-refractivity contribution in [2.75, 3.05) is 39.8 Å². The van der Waals surface area contributed by atoms with Crippen LogP contribution in [0.25, 0.3) is 0 Å². The molecule has 26 heavy (non-hydrogen) atoms. The van der Waals surface area contributed by atoms with Gasteiger partial charge in [0.15, 0.2) is 5.96 Å². The molecule has 156 valence electrons. The highest BCUT2D eigenvalue weighted by atomic mass is 16.4. The van der Waals surface area contributed by atoms with Crippen LogP contribution in [0.2, 0.25) is 0 Å². The van der Waals surface area contributed by atoms with Crippen molar-refractivity contribution in [2.24, 2.45) is 5.73 Å². The summed E-state index contributed by atoms with van der Waals surface area (Å²) in [5, 5.41) is 14.9. The first kappa shape index (κ1) is 26.9. The molecule has 6 heteroatoms. The van der Waals surface area contributed by atoms with Gasteiger partial charge in [0.05, 0.1) is 26.2 Å². The summed E-state index contributed by atoms with van der Waals surface area (Å²) >= 11 is 0. The van der Waals surface area contributed by atoms with Crippen LogP contribution >= 0.6 is 0 Å². The molecule has 0 aliphatic heterocycles. The first-order valence-corrected chi connectivity index (χ1v) is 10.4. The van der Waals surface area contributed by atoms with Crippen molar-refractivity contribution >= 4 is 11.9 Å². The number of hydrogen-bond acceptors (Lipinski definition) is 2. The zero-order chi connectivity index (χ0) is 20.4. The third kappa shape index (κ3) is 15.0. The van der Waals surface area contributed by atoms with Gasteiger partial charge in [-0.25, -0.2) is 0 Å². The van der Waals surface area contributed by atoms with Crippen LogP contribution in [-0.2, 0) is 4.79 Å². The molecule has 0 unspecified atom stereocenters. The Hall–Kier alpha value is -1.30. The molecule has 0 aliphatic rings. The van der Waals surface area contributed by atoms with Crippen molar-refractivity contribution in [3.05, 3.63) is 0 Å². The molecule has 0 bridgehead atoms. The van der Waals surface area contributed by atoms with Gasteiger partial charge in [-0.1, -0.05) is 53.4 Å². The van der Waals surface area contributed by atoms with Gasteiger partial charge in [0.25, 0.3) is 0 Å². The maximum Gasteiger partial charge on any atom is 0.323 e. The third-order valence-corrected chi connectivity index (χ3v) is 4.73. The highest BCUT2D eigenvalue weighted by Gasteiger charge is 2.24. The summed E-state index contributed by atoms with van der Waals surface area (Å²) in [5.74, 6) is -1.23. The monoisotopic (exact) mass is 373 g/mol. The van der Waals surface area contributed by atoms with Crippen molar-refractivity contribution in [1.82, 2.24) is 4.90 Å². The molecular formula is C20H45N4O2+. The number of hydrogen-bond donors (Lipinski definition) is 3. The lowest BCUT2D eigenvalue weighted by molar-refractivity contribution is -0.929. The minimum absolute atomic E-state index is 0.227. The van der Waals surface area contributed by atoms with E-state index in [1.165, 1.54) is 89.1 Å². The van der Waals surface area contributed by atoms with Gasteiger partial charge >= 0.3 is 5.97 Å². The molecule has 4 N–H and O–H groups in total. The Bertz CT molecular complexity index is 324. The molecule has 0 rings (SSSR count). The number of carbonyl (C=O) groups is 1. The SMILES string of the molecule is CCCC[N+](CCCC)(CCCC)CCCC.CN(CC(=O)O)C(=N)N. The minimum atomic E-state index is -0.993. The zero-order valence-corrected chi connectivity index (χ0v) is 18.0. The van der Waals surface area contributed by atoms with E-state index in [1.807, 2.05) is 0 Å². The Morgan fingerprint density at radius 3 is 1.35 bits per heavy atom. The first-order chi connectivity index (χ1) is 12.3. The number of guanidine groups is 1. The molecule has 0 aliphatic carbocycles. The number of unbranched alkanes of at least 4 members (excludes halogenated alkanes) is 4. The molecule has 0 atom stereocenters. The van der Waals surface area contributed by atoms with E-state index in [2.05, 4.69) is 27.7 Å². The maximum absolute atomic E-state index is 9.92. The van der Waals surface area contributed by atoms with Crippen molar-refractivity contribution in [3.8, 4) is 0 Å². The smallest absolute Gasteiger partial charge is 0.323 e. The fourth-order valence-corrected chi connectivity index (χ4v) is 2.93. The fourth-order valence-electron chi connectivity index (χ4n) is 2.93. The quantitative estimate of drug-likeness (QED) is 0.245. The average molecular weight is 374 g/mol. The van der Waals surface area contributed by atoms with Crippen LogP contribution in [-0.4, -0.2) is 66.2 Å². The second kappa shape index (κ2) is 17.1. The van der Waals surface area contributed by atoms with E-state index in [9.17, 15) is 4.79 Å². The van der Waals surface area contributed by atoms with Gasteiger partial charge in [-0.05, 0) is 25.7 Å². The predicted octanol–water partition coefficient (Wildman–Crippen LogP) is 3.90. The number of carboxylic acids is 1. The summed E-state index contributed by atoms with van der Waals surface area (Å²) in [6.07, 6.45) is 11.1. The van der Waals surface area contributed by atoms with E-state index in [0.29, 0.717) is 0 Å². The molecule has 6 nitrogen and oxygen atoms in total. The molecule has 0 aromatic heterocycles. The summed E-state index contributed by atoms with van der Waals surface area (Å²) < 4.78 is 1.42. The lowest BCUT2D eigenvalue weighted by Gasteiger charge is -2.39. The van der Waals surface area contributed by atoms with Crippen LogP contribution in [0.4, 0.5) is 0 Å². The Morgan fingerprint density at radius 2 is 1.19 bits per heavy atom. The highest BCUT2D eigenvalue weighted by Crippen LogP contribution is 2.16. The van der Waals surface area contributed by atoms with Gasteiger partial charge < -0.3 is 20.2 Å². The molecule has 0 spiro atoms. The van der Waals surface area contributed by atoms with Gasteiger partial charge in [-0.2, -0.15) is 0 Å². The molecule has 0 heterocycles. The van der Waals surface area contributed by atoms with Crippen LogP contribution < -0.4 is 5.73 Å². The van der Waals surface area contributed by atoms with E-state index in [-0.39, 0.29) is 12.5 Å². The number of likely N-dealkylation sites (N-methyl/N-ethyl adjacent to an activating group) is 1. The number of nitrogens with zero attached hydrogens (tertiary/aromatic N) is 2. The van der Waals surface area contributed by atoms with Gasteiger partial charge in [-0.15, -0.1) is 0 Å². The lowest BCUT2D eigenvalue weighted by Crippen LogP contribution is -2.50. The number of carboxylic acid groups (broad SMARTS) is 1. The summed E-state index contributed by atoms with van der Waals surface area (Å²) in [6.45, 7) is 14.8. The molecule has 0 aromatic carbocycles. The third-order valence-electron chi connectivity index (χ3n) is 4.73. The average Bonchev–Trinajstić information content (AvgIpc) is 2.60. The van der Waals surface area contributed by atoms with Crippen molar-refractivity contribution in [2.45, 2.75) is 79.1 Å². The summed E-state index contributed by atoms with van der Waals surface area (Å²) in [5.41, 5.74) is 4.93. The van der Waals surface area contributed by atoms with Gasteiger partial charge in [0.2, 0.25) is 0 Å². The summed E-state index contributed by atoms with van der Waals surface area (Å²) in [4.78, 5) is 11.0. The molecule has 0 saturated heterocycles. The number of quaternary nitrogens is 1.